The Morgan fingerprint density at radius 2 is 2.27 bits per heavy atom. The summed E-state index contributed by atoms with van der Waals surface area (Å²) in [4.78, 5) is 1.72. The third-order valence-corrected chi connectivity index (χ3v) is 2.22. The van der Waals surface area contributed by atoms with Crippen molar-refractivity contribution in [3.63, 3.8) is 0 Å². The van der Waals surface area contributed by atoms with Crippen LogP contribution in [0.2, 0.25) is 0 Å². The number of hydrogen-bond donors (Lipinski definition) is 1. The molecule has 2 nitrogen and oxygen atoms in total. The molecular formula is C12H14FNO. The molecule has 0 aliphatic heterocycles. The second kappa shape index (κ2) is 5.38. The van der Waals surface area contributed by atoms with E-state index in [4.69, 9.17) is 11.5 Å². The van der Waals surface area contributed by atoms with Gasteiger partial charge in [0.25, 0.3) is 0 Å². The Kier molecular flexibility index (Phi) is 4.14. The normalized spacial score (nSPS) is 9.73. The number of aliphatic hydroxyl groups excluding tert-OH is 1. The largest absolute Gasteiger partial charge is 0.392 e. The van der Waals surface area contributed by atoms with Gasteiger partial charge in [0, 0.05) is 12.1 Å². The number of para-hydroxylation sites is 1. The van der Waals surface area contributed by atoms with Crippen LogP contribution in [0.25, 0.3) is 0 Å². The van der Waals surface area contributed by atoms with Gasteiger partial charge in [0.05, 0.1) is 18.8 Å². The van der Waals surface area contributed by atoms with E-state index in [1.54, 1.807) is 17.0 Å². The van der Waals surface area contributed by atoms with Crippen molar-refractivity contribution in [2.75, 3.05) is 18.0 Å². The quantitative estimate of drug-likeness (QED) is 0.761. The molecule has 0 saturated heterocycles. The highest BCUT2D eigenvalue weighted by Gasteiger charge is 2.13. The van der Waals surface area contributed by atoms with Crippen LogP contribution in [-0.2, 0) is 6.61 Å². The molecule has 80 valence electrons. The van der Waals surface area contributed by atoms with E-state index in [0.717, 1.165) is 0 Å². The fourth-order valence-electron chi connectivity index (χ4n) is 1.50. The summed E-state index contributed by atoms with van der Waals surface area (Å²) < 4.78 is 13.6. The SMILES string of the molecule is C#CCN(CC)c1c(F)cccc1CO. The molecule has 0 aliphatic rings. The smallest absolute Gasteiger partial charge is 0.146 e. The molecule has 0 aromatic heterocycles. The number of halogens is 1. The number of rotatable bonds is 4. The van der Waals surface area contributed by atoms with E-state index in [-0.39, 0.29) is 12.4 Å². The Bertz CT molecular complexity index is 370. The first kappa shape index (κ1) is 11.5. The van der Waals surface area contributed by atoms with Crippen LogP contribution in [0.15, 0.2) is 18.2 Å². The van der Waals surface area contributed by atoms with Crippen molar-refractivity contribution in [2.45, 2.75) is 13.5 Å². The van der Waals surface area contributed by atoms with Gasteiger partial charge >= 0.3 is 0 Å². The summed E-state index contributed by atoms with van der Waals surface area (Å²) in [5, 5.41) is 9.11. The lowest BCUT2D eigenvalue weighted by atomic mass is 10.1. The zero-order valence-corrected chi connectivity index (χ0v) is 8.70. The fraction of sp³-hybridized carbons (Fsp3) is 0.333. The zero-order valence-electron chi connectivity index (χ0n) is 8.70. The van der Waals surface area contributed by atoms with Gasteiger partial charge in [0.2, 0.25) is 0 Å². The van der Waals surface area contributed by atoms with Crippen LogP contribution in [-0.4, -0.2) is 18.2 Å². The molecule has 0 saturated carbocycles. The van der Waals surface area contributed by atoms with Crippen LogP contribution in [0.4, 0.5) is 10.1 Å². The first-order valence-electron chi connectivity index (χ1n) is 4.81. The van der Waals surface area contributed by atoms with Gasteiger partial charge < -0.3 is 10.0 Å². The average molecular weight is 207 g/mol. The summed E-state index contributed by atoms with van der Waals surface area (Å²) in [5.41, 5.74) is 0.965. The number of nitrogens with zero attached hydrogens (tertiary/aromatic N) is 1. The minimum Gasteiger partial charge on any atom is -0.392 e. The van der Waals surface area contributed by atoms with Crippen molar-refractivity contribution >= 4 is 5.69 Å². The van der Waals surface area contributed by atoms with Crippen molar-refractivity contribution in [1.29, 1.82) is 0 Å². The first-order valence-corrected chi connectivity index (χ1v) is 4.81. The van der Waals surface area contributed by atoms with Gasteiger partial charge in [-0.05, 0) is 13.0 Å². The predicted molar refractivity (Wildman–Crippen MR) is 59.0 cm³/mol. The van der Waals surface area contributed by atoms with E-state index in [2.05, 4.69) is 5.92 Å². The Morgan fingerprint density at radius 1 is 1.53 bits per heavy atom. The third kappa shape index (κ3) is 2.48. The van der Waals surface area contributed by atoms with E-state index < -0.39 is 0 Å². The molecule has 1 N–H and O–H groups in total. The summed E-state index contributed by atoms with van der Waals surface area (Å²) >= 11 is 0. The van der Waals surface area contributed by atoms with Crippen molar-refractivity contribution in [3.05, 3.63) is 29.6 Å². The molecule has 1 rings (SSSR count). The molecule has 0 heterocycles. The maximum Gasteiger partial charge on any atom is 0.146 e. The Hall–Kier alpha value is -1.53. The molecule has 0 bridgehead atoms. The fourth-order valence-corrected chi connectivity index (χ4v) is 1.50. The lowest BCUT2D eigenvalue weighted by molar-refractivity contribution is 0.281. The van der Waals surface area contributed by atoms with Gasteiger partial charge in [-0.1, -0.05) is 18.1 Å². The molecule has 0 aliphatic carbocycles. The van der Waals surface area contributed by atoms with E-state index in [1.807, 2.05) is 6.92 Å². The van der Waals surface area contributed by atoms with Crippen LogP contribution >= 0.6 is 0 Å². The van der Waals surface area contributed by atoms with Crippen molar-refractivity contribution < 1.29 is 9.50 Å². The lowest BCUT2D eigenvalue weighted by Gasteiger charge is -2.23. The van der Waals surface area contributed by atoms with Gasteiger partial charge in [-0.15, -0.1) is 6.42 Å². The summed E-state index contributed by atoms with van der Waals surface area (Å²) in [6.07, 6.45) is 5.21. The van der Waals surface area contributed by atoms with Gasteiger partial charge in [0.15, 0.2) is 0 Å². The molecule has 1 aromatic carbocycles. The summed E-state index contributed by atoms with van der Waals surface area (Å²) in [7, 11) is 0. The second-order valence-electron chi connectivity index (χ2n) is 3.12. The third-order valence-electron chi connectivity index (χ3n) is 2.22. The number of hydrogen-bond acceptors (Lipinski definition) is 2. The van der Waals surface area contributed by atoms with Crippen LogP contribution < -0.4 is 4.90 Å². The molecule has 0 fully saturated rings. The van der Waals surface area contributed by atoms with Crippen LogP contribution in [0, 0.1) is 18.2 Å². The average Bonchev–Trinajstić information content (AvgIpc) is 2.26. The minimum absolute atomic E-state index is 0.186. The molecule has 15 heavy (non-hydrogen) atoms. The lowest BCUT2D eigenvalue weighted by Crippen LogP contribution is -2.25. The topological polar surface area (TPSA) is 23.5 Å². The van der Waals surface area contributed by atoms with Crippen LogP contribution in [0.5, 0.6) is 0 Å². The van der Waals surface area contributed by atoms with Gasteiger partial charge in [-0.25, -0.2) is 4.39 Å². The summed E-state index contributed by atoms with van der Waals surface area (Å²) in [6.45, 7) is 2.65. The van der Waals surface area contributed by atoms with E-state index >= 15 is 0 Å². The van der Waals surface area contributed by atoms with E-state index in [9.17, 15) is 4.39 Å². The second-order valence-corrected chi connectivity index (χ2v) is 3.12. The minimum atomic E-state index is -0.348. The monoisotopic (exact) mass is 207 g/mol. The Morgan fingerprint density at radius 3 is 2.80 bits per heavy atom. The highest BCUT2D eigenvalue weighted by atomic mass is 19.1. The maximum atomic E-state index is 13.6. The Labute approximate surface area is 89.3 Å². The molecule has 1 aromatic rings. The number of terminal acetylenes is 1. The molecule has 0 spiro atoms. The van der Waals surface area contributed by atoms with E-state index in [1.165, 1.54) is 6.07 Å². The van der Waals surface area contributed by atoms with E-state index in [0.29, 0.717) is 24.3 Å². The zero-order chi connectivity index (χ0) is 11.3. The summed E-state index contributed by atoms with van der Waals surface area (Å²) in [5.74, 6) is 2.12. The number of anilines is 1. The van der Waals surface area contributed by atoms with Gasteiger partial charge in [-0.2, -0.15) is 0 Å². The van der Waals surface area contributed by atoms with Crippen molar-refractivity contribution in [2.24, 2.45) is 0 Å². The van der Waals surface area contributed by atoms with Crippen molar-refractivity contribution in [3.8, 4) is 12.3 Å². The predicted octanol–water partition coefficient (Wildman–Crippen LogP) is 1.78. The highest BCUT2D eigenvalue weighted by Crippen LogP contribution is 2.24. The van der Waals surface area contributed by atoms with Crippen LogP contribution in [0.3, 0.4) is 0 Å². The molecule has 0 atom stereocenters. The molecule has 0 radical (unpaired) electrons. The number of benzene rings is 1. The summed E-state index contributed by atoms with van der Waals surface area (Å²) in [6, 6.07) is 4.64. The standard InChI is InChI=1S/C12H14FNO/c1-3-8-14(4-2)12-10(9-15)6-5-7-11(12)13/h1,5-7,15H,4,8-9H2,2H3. The molecular weight excluding hydrogens is 193 g/mol. The van der Waals surface area contributed by atoms with Gasteiger partial charge in [0.1, 0.15) is 5.82 Å². The molecule has 0 unspecified atom stereocenters. The highest BCUT2D eigenvalue weighted by molar-refractivity contribution is 5.55. The number of aliphatic hydroxyl groups is 1. The first-order chi connectivity index (χ1) is 7.24. The van der Waals surface area contributed by atoms with Crippen molar-refractivity contribution in [1.82, 2.24) is 0 Å². The molecule has 0 amide bonds. The Balaban J connectivity index is 3.15. The molecule has 3 heteroatoms. The van der Waals surface area contributed by atoms with Crippen LogP contribution in [0.1, 0.15) is 12.5 Å². The maximum absolute atomic E-state index is 13.6. The van der Waals surface area contributed by atoms with Gasteiger partial charge in [-0.3, -0.25) is 0 Å².